The molecule has 1 aromatic rings. The Bertz CT molecular complexity index is 322. The number of hydrogen-bond acceptors (Lipinski definition) is 5. The van der Waals surface area contributed by atoms with Crippen LogP contribution in [-0.4, -0.2) is 38.7 Å². The average molecular weight is 226 g/mol. The molecule has 1 fully saturated rings. The van der Waals surface area contributed by atoms with E-state index >= 15 is 0 Å². The summed E-state index contributed by atoms with van der Waals surface area (Å²) in [5.74, 6) is 0.928. The minimum atomic E-state index is 0.365. The molecule has 0 aromatic carbocycles. The van der Waals surface area contributed by atoms with E-state index in [9.17, 15) is 0 Å². The van der Waals surface area contributed by atoms with Crippen molar-refractivity contribution in [3.63, 3.8) is 0 Å². The Morgan fingerprint density at radius 2 is 2.60 bits per heavy atom. The van der Waals surface area contributed by atoms with Crippen molar-refractivity contribution in [3.05, 3.63) is 12.7 Å². The molecule has 2 rings (SSSR count). The van der Waals surface area contributed by atoms with Crippen LogP contribution in [0.1, 0.15) is 12.8 Å². The predicted octanol–water partition coefficient (Wildman–Crippen LogP) is 1.13. The monoisotopic (exact) mass is 226 g/mol. The van der Waals surface area contributed by atoms with Crippen LogP contribution in [0.4, 0.5) is 0 Å². The molecule has 0 bridgehead atoms. The number of aromatic nitrogens is 4. The zero-order valence-electron chi connectivity index (χ0n) is 8.50. The van der Waals surface area contributed by atoms with Crippen molar-refractivity contribution in [1.29, 1.82) is 0 Å². The second-order valence-electron chi connectivity index (χ2n) is 3.38. The molecule has 6 heteroatoms. The first-order valence-corrected chi connectivity index (χ1v) is 6.00. The van der Waals surface area contributed by atoms with E-state index in [-0.39, 0.29) is 0 Å². The molecule has 1 unspecified atom stereocenters. The van der Waals surface area contributed by atoms with E-state index < -0.39 is 0 Å². The fraction of sp³-hybridized carbons (Fsp3) is 0.667. The average Bonchev–Trinajstić information content (AvgIpc) is 2.85. The van der Waals surface area contributed by atoms with Gasteiger partial charge in [0.25, 0.3) is 0 Å². The molecule has 0 spiro atoms. The van der Waals surface area contributed by atoms with Crippen molar-refractivity contribution in [1.82, 2.24) is 20.2 Å². The molecule has 0 amide bonds. The molecular formula is C9H14N4OS. The van der Waals surface area contributed by atoms with Crippen molar-refractivity contribution in [2.45, 2.75) is 30.6 Å². The highest BCUT2D eigenvalue weighted by atomic mass is 32.2. The maximum atomic E-state index is 5.53. The number of rotatable bonds is 5. The van der Waals surface area contributed by atoms with Gasteiger partial charge in [-0.15, -0.1) is 11.7 Å². The smallest absolute Gasteiger partial charge is 0.209 e. The lowest BCUT2D eigenvalue weighted by Gasteiger charge is -2.07. The molecule has 0 aliphatic carbocycles. The van der Waals surface area contributed by atoms with E-state index in [1.54, 1.807) is 22.5 Å². The van der Waals surface area contributed by atoms with Gasteiger partial charge < -0.3 is 4.74 Å². The van der Waals surface area contributed by atoms with Gasteiger partial charge in [0.1, 0.15) is 0 Å². The maximum absolute atomic E-state index is 5.53. The number of allylic oxidation sites excluding steroid dienone is 1. The zero-order chi connectivity index (χ0) is 10.5. The quantitative estimate of drug-likeness (QED) is 0.556. The summed E-state index contributed by atoms with van der Waals surface area (Å²) < 4.78 is 7.27. The number of ether oxygens (including phenoxy) is 1. The van der Waals surface area contributed by atoms with E-state index in [4.69, 9.17) is 4.74 Å². The highest BCUT2D eigenvalue weighted by Gasteiger charge is 2.17. The Labute approximate surface area is 92.9 Å². The standard InChI is InChI=1S/C9H14N4OS/c1-2-5-13-9(10-11-12-13)15-7-8-4-3-6-14-8/h2,8H,1,3-7H2. The van der Waals surface area contributed by atoms with E-state index in [1.165, 1.54) is 6.42 Å². The first kappa shape index (κ1) is 10.6. The van der Waals surface area contributed by atoms with Crippen molar-refractivity contribution < 1.29 is 4.74 Å². The largest absolute Gasteiger partial charge is 0.377 e. The van der Waals surface area contributed by atoms with Gasteiger partial charge in [-0.25, -0.2) is 4.68 Å². The lowest BCUT2D eigenvalue weighted by atomic mass is 10.3. The first-order chi connectivity index (χ1) is 7.40. The third-order valence-corrected chi connectivity index (χ3v) is 3.31. The highest BCUT2D eigenvalue weighted by Crippen LogP contribution is 2.21. The lowest BCUT2D eigenvalue weighted by molar-refractivity contribution is 0.129. The maximum Gasteiger partial charge on any atom is 0.209 e. The molecular weight excluding hydrogens is 212 g/mol. The summed E-state index contributed by atoms with van der Waals surface area (Å²) in [6.07, 6.45) is 4.47. The van der Waals surface area contributed by atoms with Gasteiger partial charge in [0.15, 0.2) is 0 Å². The molecule has 5 nitrogen and oxygen atoms in total. The van der Waals surface area contributed by atoms with Gasteiger partial charge in [-0.05, 0) is 23.3 Å². The molecule has 2 heterocycles. The molecule has 0 N–H and O–H groups in total. The van der Waals surface area contributed by atoms with Gasteiger partial charge in [0.05, 0.1) is 12.6 Å². The van der Waals surface area contributed by atoms with Crippen LogP contribution in [0.2, 0.25) is 0 Å². The molecule has 1 aliphatic rings. The molecule has 0 radical (unpaired) electrons. The third-order valence-electron chi connectivity index (χ3n) is 2.22. The second kappa shape index (κ2) is 5.27. The lowest BCUT2D eigenvalue weighted by Crippen LogP contribution is -2.09. The summed E-state index contributed by atoms with van der Waals surface area (Å²) in [5.41, 5.74) is 0. The van der Waals surface area contributed by atoms with Crippen LogP contribution in [0.3, 0.4) is 0 Å². The second-order valence-corrected chi connectivity index (χ2v) is 4.37. The Balaban J connectivity index is 1.86. The number of thioether (sulfide) groups is 1. The molecule has 15 heavy (non-hydrogen) atoms. The Kier molecular flexibility index (Phi) is 3.74. The Morgan fingerprint density at radius 1 is 1.67 bits per heavy atom. The first-order valence-electron chi connectivity index (χ1n) is 5.01. The molecule has 1 aromatic heterocycles. The number of nitrogens with zero attached hydrogens (tertiary/aromatic N) is 4. The summed E-state index contributed by atoms with van der Waals surface area (Å²) in [6.45, 7) is 5.21. The van der Waals surface area contributed by atoms with E-state index in [0.29, 0.717) is 12.6 Å². The minimum absolute atomic E-state index is 0.365. The minimum Gasteiger partial charge on any atom is -0.377 e. The van der Waals surface area contributed by atoms with Crippen LogP contribution >= 0.6 is 11.8 Å². The Hall–Kier alpha value is -0.880. The predicted molar refractivity (Wildman–Crippen MR) is 57.7 cm³/mol. The van der Waals surface area contributed by atoms with Crippen molar-refractivity contribution >= 4 is 11.8 Å². The van der Waals surface area contributed by atoms with Gasteiger partial charge in [0.2, 0.25) is 5.16 Å². The van der Waals surface area contributed by atoms with Crippen LogP contribution in [-0.2, 0) is 11.3 Å². The SMILES string of the molecule is C=CCn1nnnc1SCC1CCCO1. The van der Waals surface area contributed by atoms with Gasteiger partial charge in [0, 0.05) is 12.4 Å². The van der Waals surface area contributed by atoms with Crippen LogP contribution in [0.15, 0.2) is 17.8 Å². The van der Waals surface area contributed by atoms with E-state index in [0.717, 1.165) is 23.9 Å². The summed E-state index contributed by atoms with van der Waals surface area (Å²) in [7, 11) is 0. The zero-order valence-corrected chi connectivity index (χ0v) is 9.32. The van der Waals surface area contributed by atoms with Gasteiger partial charge in [-0.3, -0.25) is 0 Å². The topological polar surface area (TPSA) is 52.8 Å². The third kappa shape index (κ3) is 2.79. The molecule has 82 valence electrons. The molecule has 0 saturated carbocycles. The van der Waals surface area contributed by atoms with Crippen molar-refractivity contribution in [2.75, 3.05) is 12.4 Å². The highest BCUT2D eigenvalue weighted by molar-refractivity contribution is 7.99. The van der Waals surface area contributed by atoms with Gasteiger partial charge in [-0.1, -0.05) is 17.8 Å². The fourth-order valence-electron chi connectivity index (χ4n) is 1.48. The number of tetrazole rings is 1. The van der Waals surface area contributed by atoms with Crippen LogP contribution < -0.4 is 0 Å². The fourth-order valence-corrected chi connectivity index (χ4v) is 2.43. The summed E-state index contributed by atoms with van der Waals surface area (Å²) >= 11 is 1.64. The molecule has 1 aliphatic heterocycles. The van der Waals surface area contributed by atoms with E-state index in [1.807, 2.05) is 0 Å². The molecule has 1 atom stereocenters. The van der Waals surface area contributed by atoms with E-state index in [2.05, 4.69) is 22.1 Å². The van der Waals surface area contributed by atoms with Crippen LogP contribution in [0.5, 0.6) is 0 Å². The van der Waals surface area contributed by atoms with Crippen LogP contribution in [0, 0.1) is 0 Å². The Morgan fingerprint density at radius 3 is 3.33 bits per heavy atom. The van der Waals surface area contributed by atoms with Gasteiger partial charge in [-0.2, -0.15) is 0 Å². The summed E-state index contributed by atoms with van der Waals surface area (Å²) in [4.78, 5) is 0. The normalized spacial score (nSPS) is 20.7. The molecule has 1 saturated heterocycles. The number of hydrogen-bond donors (Lipinski definition) is 0. The van der Waals surface area contributed by atoms with Crippen molar-refractivity contribution in [2.24, 2.45) is 0 Å². The van der Waals surface area contributed by atoms with Crippen molar-refractivity contribution in [3.8, 4) is 0 Å². The summed E-state index contributed by atoms with van der Waals surface area (Å²) in [6, 6.07) is 0. The summed E-state index contributed by atoms with van der Waals surface area (Å²) in [5, 5.41) is 12.3. The van der Waals surface area contributed by atoms with Crippen LogP contribution in [0.25, 0.3) is 0 Å². The van der Waals surface area contributed by atoms with Gasteiger partial charge >= 0.3 is 0 Å².